The molecular weight excluding hydrogens is 346 g/mol. The van der Waals surface area contributed by atoms with Crippen LogP contribution in [0.25, 0.3) is 0 Å². The molecule has 0 saturated carbocycles. The van der Waals surface area contributed by atoms with Gasteiger partial charge in [-0.3, -0.25) is 4.79 Å². The number of methoxy groups -OCH3 is 3. The molecule has 1 fully saturated rings. The summed E-state index contributed by atoms with van der Waals surface area (Å²) in [6.07, 6.45) is 0. The van der Waals surface area contributed by atoms with Crippen molar-refractivity contribution in [3.63, 3.8) is 0 Å². The van der Waals surface area contributed by atoms with E-state index in [4.69, 9.17) is 14.2 Å². The van der Waals surface area contributed by atoms with Crippen LogP contribution >= 0.6 is 0 Å². The van der Waals surface area contributed by atoms with Gasteiger partial charge in [0.25, 0.3) is 5.91 Å². The molecule has 1 aromatic carbocycles. The first-order valence-electron chi connectivity index (χ1n) is 8.05. The van der Waals surface area contributed by atoms with E-state index in [0.29, 0.717) is 17.1 Å². The van der Waals surface area contributed by atoms with Crippen molar-refractivity contribution in [2.24, 2.45) is 5.92 Å². The van der Waals surface area contributed by atoms with E-state index in [1.807, 2.05) is 13.8 Å². The number of hydrogen-bond donors (Lipinski definition) is 0. The minimum atomic E-state index is -3.18. The molecule has 0 atom stereocenters. The summed E-state index contributed by atoms with van der Waals surface area (Å²) in [4.78, 5) is 14.2. The van der Waals surface area contributed by atoms with E-state index in [1.165, 1.54) is 26.2 Å². The number of ether oxygens (including phenoxy) is 3. The molecule has 1 aliphatic heterocycles. The first-order chi connectivity index (χ1) is 11.7. The van der Waals surface area contributed by atoms with Crippen molar-refractivity contribution in [3.05, 3.63) is 17.7 Å². The third-order valence-electron chi connectivity index (χ3n) is 4.14. The lowest BCUT2D eigenvalue weighted by Gasteiger charge is -2.39. The average Bonchev–Trinajstić information content (AvgIpc) is 2.49. The van der Waals surface area contributed by atoms with E-state index in [9.17, 15) is 13.2 Å². The van der Waals surface area contributed by atoms with Crippen LogP contribution in [0.1, 0.15) is 24.2 Å². The molecule has 25 heavy (non-hydrogen) atoms. The molecule has 0 aliphatic carbocycles. The van der Waals surface area contributed by atoms with Crippen LogP contribution in [0.5, 0.6) is 17.2 Å². The van der Waals surface area contributed by atoms with Gasteiger partial charge in [0.1, 0.15) is 0 Å². The van der Waals surface area contributed by atoms with E-state index < -0.39 is 15.1 Å². The summed E-state index contributed by atoms with van der Waals surface area (Å²) in [5.74, 6) is 0.992. The lowest BCUT2D eigenvalue weighted by atomic mass is 10.1. The summed E-state index contributed by atoms with van der Waals surface area (Å²) in [5.41, 5.74) is 0.319. The molecule has 8 heteroatoms. The molecule has 7 nitrogen and oxygen atoms in total. The van der Waals surface area contributed by atoms with Gasteiger partial charge in [0, 0.05) is 13.1 Å². The monoisotopic (exact) mass is 371 g/mol. The lowest BCUT2D eigenvalue weighted by Crippen LogP contribution is -2.57. The number of likely N-dealkylation sites (tertiary alicyclic amines) is 1. The van der Waals surface area contributed by atoms with Gasteiger partial charge in [-0.1, -0.05) is 13.8 Å². The minimum Gasteiger partial charge on any atom is -0.493 e. The molecule has 1 heterocycles. The molecular formula is C17H25NO6S. The van der Waals surface area contributed by atoms with E-state index in [0.717, 1.165) is 0 Å². The Morgan fingerprint density at radius 2 is 1.72 bits per heavy atom. The van der Waals surface area contributed by atoms with Crippen LogP contribution in [0.4, 0.5) is 0 Å². The molecule has 1 amide bonds. The molecule has 0 radical (unpaired) electrons. The maximum atomic E-state index is 12.7. The van der Waals surface area contributed by atoms with Crippen LogP contribution < -0.4 is 14.2 Å². The summed E-state index contributed by atoms with van der Waals surface area (Å²) in [6.45, 7) is 4.14. The normalized spacial score (nSPS) is 15.0. The van der Waals surface area contributed by atoms with Crippen LogP contribution in [-0.4, -0.2) is 64.6 Å². The first kappa shape index (κ1) is 19.4. The van der Waals surface area contributed by atoms with Gasteiger partial charge in [-0.2, -0.15) is 0 Å². The van der Waals surface area contributed by atoms with Crippen LogP contribution in [0, 0.1) is 5.92 Å². The van der Waals surface area contributed by atoms with Crippen molar-refractivity contribution in [3.8, 4) is 17.2 Å². The SMILES string of the molecule is COc1ccc(C(=O)N2CC(S(=O)(=O)CC(C)C)C2)c(OC)c1OC. The van der Waals surface area contributed by atoms with Gasteiger partial charge >= 0.3 is 0 Å². The second kappa shape index (κ2) is 7.51. The van der Waals surface area contributed by atoms with Crippen molar-refractivity contribution < 1.29 is 27.4 Å². The molecule has 0 aromatic heterocycles. The fraction of sp³-hybridized carbons (Fsp3) is 0.588. The maximum Gasteiger partial charge on any atom is 0.257 e. The Labute approximate surface area is 148 Å². The van der Waals surface area contributed by atoms with Crippen molar-refractivity contribution in [1.29, 1.82) is 0 Å². The maximum absolute atomic E-state index is 12.7. The molecule has 0 spiro atoms. The zero-order valence-electron chi connectivity index (χ0n) is 15.2. The molecule has 1 aliphatic rings. The van der Waals surface area contributed by atoms with E-state index in [1.54, 1.807) is 12.1 Å². The number of carbonyl (C=O) groups is 1. The van der Waals surface area contributed by atoms with E-state index >= 15 is 0 Å². The van der Waals surface area contributed by atoms with Crippen LogP contribution in [0.3, 0.4) is 0 Å². The highest BCUT2D eigenvalue weighted by atomic mass is 32.2. The van der Waals surface area contributed by atoms with E-state index in [2.05, 4.69) is 0 Å². The summed E-state index contributed by atoms with van der Waals surface area (Å²) >= 11 is 0. The smallest absolute Gasteiger partial charge is 0.257 e. The highest BCUT2D eigenvalue weighted by Crippen LogP contribution is 2.40. The zero-order valence-corrected chi connectivity index (χ0v) is 16.1. The van der Waals surface area contributed by atoms with Gasteiger partial charge in [-0.25, -0.2) is 8.42 Å². The van der Waals surface area contributed by atoms with Crippen LogP contribution in [0.15, 0.2) is 12.1 Å². The van der Waals surface area contributed by atoms with Gasteiger partial charge in [0.2, 0.25) is 5.75 Å². The van der Waals surface area contributed by atoms with Crippen molar-refractivity contribution >= 4 is 15.7 Å². The molecule has 0 bridgehead atoms. The number of carbonyl (C=O) groups excluding carboxylic acids is 1. The number of sulfone groups is 1. The Hall–Kier alpha value is -1.96. The Kier molecular flexibility index (Phi) is 5.82. The molecule has 1 aromatic rings. The highest BCUT2D eigenvalue weighted by molar-refractivity contribution is 7.92. The van der Waals surface area contributed by atoms with Gasteiger partial charge < -0.3 is 19.1 Å². The predicted octanol–water partition coefficient (Wildman–Crippen LogP) is 1.61. The Balaban J connectivity index is 2.18. The molecule has 2 rings (SSSR count). The fourth-order valence-electron chi connectivity index (χ4n) is 2.87. The molecule has 140 valence electrons. The van der Waals surface area contributed by atoms with Crippen LogP contribution in [0.2, 0.25) is 0 Å². The Bertz CT molecular complexity index is 738. The molecule has 1 saturated heterocycles. The molecule has 0 N–H and O–H groups in total. The largest absolute Gasteiger partial charge is 0.493 e. The third kappa shape index (κ3) is 3.84. The summed E-state index contributed by atoms with van der Waals surface area (Å²) in [7, 11) is 1.23. The van der Waals surface area contributed by atoms with Crippen molar-refractivity contribution in [1.82, 2.24) is 4.90 Å². The Morgan fingerprint density at radius 3 is 2.20 bits per heavy atom. The topological polar surface area (TPSA) is 82.1 Å². The summed E-state index contributed by atoms with van der Waals surface area (Å²) in [6, 6.07) is 3.22. The first-order valence-corrected chi connectivity index (χ1v) is 9.76. The fourth-order valence-corrected chi connectivity index (χ4v) is 4.89. The van der Waals surface area contributed by atoms with Crippen molar-refractivity contribution in [2.75, 3.05) is 40.2 Å². The third-order valence-corrected chi connectivity index (χ3v) is 6.59. The summed E-state index contributed by atoms with van der Waals surface area (Å²) < 4.78 is 40.3. The van der Waals surface area contributed by atoms with Gasteiger partial charge in [0.05, 0.1) is 37.9 Å². The summed E-state index contributed by atoms with van der Waals surface area (Å²) in [5, 5.41) is -0.495. The van der Waals surface area contributed by atoms with Gasteiger partial charge in [-0.15, -0.1) is 0 Å². The quantitative estimate of drug-likeness (QED) is 0.724. The number of benzene rings is 1. The van der Waals surface area contributed by atoms with Crippen molar-refractivity contribution in [2.45, 2.75) is 19.1 Å². The Morgan fingerprint density at radius 1 is 1.12 bits per heavy atom. The number of amides is 1. The lowest BCUT2D eigenvalue weighted by molar-refractivity contribution is 0.0654. The second-order valence-corrected chi connectivity index (χ2v) is 8.76. The van der Waals surface area contributed by atoms with E-state index in [-0.39, 0.29) is 36.4 Å². The molecule has 0 unspecified atom stereocenters. The second-order valence-electron chi connectivity index (χ2n) is 6.44. The average molecular weight is 371 g/mol. The highest BCUT2D eigenvalue weighted by Gasteiger charge is 2.41. The minimum absolute atomic E-state index is 0.0701. The number of hydrogen-bond acceptors (Lipinski definition) is 6. The standard InChI is InChI=1S/C17H25NO6S/c1-11(2)10-25(20,21)12-8-18(9-12)17(19)13-6-7-14(22-3)16(24-5)15(13)23-4/h6-7,11-12H,8-10H2,1-5H3. The van der Waals surface area contributed by atoms with Crippen LogP contribution in [-0.2, 0) is 9.84 Å². The number of nitrogens with zero attached hydrogens (tertiary/aromatic N) is 1. The number of rotatable bonds is 7. The van der Waals surface area contributed by atoms with Gasteiger partial charge in [0.15, 0.2) is 21.3 Å². The van der Waals surface area contributed by atoms with Gasteiger partial charge in [-0.05, 0) is 18.1 Å². The predicted molar refractivity (Wildman–Crippen MR) is 94.4 cm³/mol. The zero-order chi connectivity index (χ0) is 18.8.